The summed E-state index contributed by atoms with van der Waals surface area (Å²) in [5.41, 5.74) is 3.78. The Balaban J connectivity index is 2.24. The first-order chi connectivity index (χ1) is 5.86. The van der Waals surface area contributed by atoms with E-state index in [0.29, 0.717) is 6.04 Å². The molecule has 0 amide bonds. The van der Waals surface area contributed by atoms with E-state index < -0.39 is 0 Å². The second-order valence-electron chi connectivity index (χ2n) is 2.86. The van der Waals surface area contributed by atoms with Gasteiger partial charge in [-0.1, -0.05) is 13.3 Å². The summed E-state index contributed by atoms with van der Waals surface area (Å²) < 4.78 is 4.97. The zero-order chi connectivity index (χ0) is 8.81. The molecule has 0 saturated carbocycles. The summed E-state index contributed by atoms with van der Waals surface area (Å²) in [6.45, 7) is 3.55. The number of ether oxygens (including phenoxy) is 1. The molecule has 0 bridgehead atoms. The lowest BCUT2D eigenvalue weighted by Crippen LogP contribution is -2.43. The molecular weight excluding hydrogens is 154 g/mol. The molecule has 1 saturated heterocycles. The van der Waals surface area contributed by atoms with Crippen molar-refractivity contribution in [3.63, 3.8) is 0 Å². The van der Waals surface area contributed by atoms with Crippen molar-refractivity contribution in [1.82, 2.24) is 5.43 Å². The summed E-state index contributed by atoms with van der Waals surface area (Å²) in [4.78, 5) is 0. The lowest BCUT2D eigenvalue weighted by Gasteiger charge is -2.25. The van der Waals surface area contributed by atoms with Crippen molar-refractivity contribution < 1.29 is 4.74 Å². The minimum Gasteiger partial charge on any atom is -0.377 e. The van der Waals surface area contributed by atoms with Crippen LogP contribution in [0, 0.1) is 5.41 Å². The van der Waals surface area contributed by atoms with E-state index in [1.54, 1.807) is 0 Å². The highest BCUT2D eigenvalue weighted by Gasteiger charge is 2.16. The van der Waals surface area contributed by atoms with E-state index in [0.717, 1.165) is 31.8 Å². The first kappa shape index (κ1) is 9.19. The first-order valence-corrected chi connectivity index (χ1v) is 4.27. The summed E-state index contributed by atoms with van der Waals surface area (Å²) in [5, 5.41) is 11.2. The Morgan fingerprint density at radius 3 is 2.92 bits per heavy atom. The number of nitrogens with one attached hydrogen (secondary N) is 2. The van der Waals surface area contributed by atoms with Crippen LogP contribution in [-0.2, 0) is 4.74 Å². The largest absolute Gasteiger partial charge is 0.377 e. The third-order valence-corrected chi connectivity index (χ3v) is 1.70. The smallest absolute Gasteiger partial charge is 0.0906 e. The van der Waals surface area contributed by atoms with Crippen LogP contribution in [0.4, 0.5) is 0 Å². The number of rotatable bonds is 5. The normalized spacial score (nSPS) is 18.6. The lowest BCUT2D eigenvalue weighted by atomic mass is 10.2. The maximum Gasteiger partial charge on any atom is 0.0906 e. The second kappa shape index (κ2) is 4.87. The Hall–Kier alpha value is -0.900. The van der Waals surface area contributed by atoms with Gasteiger partial charge in [0.05, 0.1) is 25.0 Å². The van der Waals surface area contributed by atoms with E-state index in [2.05, 4.69) is 17.5 Å². The van der Waals surface area contributed by atoms with Gasteiger partial charge in [-0.3, -0.25) is 0 Å². The highest BCUT2D eigenvalue weighted by Crippen LogP contribution is 1.99. The molecule has 4 nitrogen and oxygen atoms in total. The summed E-state index contributed by atoms with van der Waals surface area (Å²) in [5.74, 6) is 0. The van der Waals surface area contributed by atoms with E-state index in [4.69, 9.17) is 10.1 Å². The SMILES string of the molecule is CCC/C(C=N)=N/NC1COC1. The Labute approximate surface area is 72.5 Å². The van der Waals surface area contributed by atoms with Crippen LogP contribution in [0.1, 0.15) is 19.8 Å². The lowest BCUT2D eigenvalue weighted by molar-refractivity contribution is -0.00451. The molecule has 0 radical (unpaired) electrons. The molecule has 1 rings (SSSR count). The Kier molecular flexibility index (Phi) is 3.73. The van der Waals surface area contributed by atoms with Gasteiger partial charge in [-0.25, -0.2) is 0 Å². The van der Waals surface area contributed by atoms with E-state index in [1.165, 1.54) is 6.21 Å². The molecule has 0 aromatic rings. The standard InChI is InChI=1S/C8H15N3O/c1-2-3-7(4-9)10-11-8-5-12-6-8/h4,8-9,11H,2-3,5-6H2,1H3/b9-4?,10-7-. The quantitative estimate of drug-likeness (QED) is 0.472. The molecule has 68 valence electrons. The topological polar surface area (TPSA) is 57.5 Å². The summed E-state index contributed by atoms with van der Waals surface area (Å²) in [6, 6.07) is 0.358. The zero-order valence-electron chi connectivity index (χ0n) is 7.34. The third kappa shape index (κ3) is 2.62. The third-order valence-electron chi connectivity index (χ3n) is 1.70. The van der Waals surface area contributed by atoms with Crippen LogP contribution in [0.5, 0.6) is 0 Å². The van der Waals surface area contributed by atoms with Gasteiger partial charge < -0.3 is 15.6 Å². The fourth-order valence-electron chi connectivity index (χ4n) is 0.901. The number of hydrazone groups is 1. The minimum absolute atomic E-state index is 0.358. The minimum atomic E-state index is 0.358. The summed E-state index contributed by atoms with van der Waals surface area (Å²) >= 11 is 0. The van der Waals surface area contributed by atoms with E-state index in [9.17, 15) is 0 Å². The molecule has 0 spiro atoms. The van der Waals surface area contributed by atoms with Crippen molar-refractivity contribution in [2.24, 2.45) is 5.10 Å². The first-order valence-electron chi connectivity index (χ1n) is 4.27. The van der Waals surface area contributed by atoms with Gasteiger partial charge in [0.2, 0.25) is 0 Å². The maximum absolute atomic E-state index is 7.06. The van der Waals surface area contributed by atoms with Crippen LogP contribution >= 0.6 is 0 Å². The molecule has 1 heterocycles. The summed E-state index contributed by atoms with van der Waals surface area (Å²) in [6.07, 6.45) is 3.19. The van der Waals surface area contributed by atoms with Gasteiger partial charge in [-0.2, -0.15) is 5.10 Å². The van der Waals surface area contributed by atoms with Crippen LogP contribution in [0.2, 0.25) is 0 Å². The van der Waals surface area contributed by atoms with Crippen LogP contribution in [0.15, 0.2) is 5.10 Å². The van der Waals surface area contributed by atoms with Crippen LogP contribution in [0.3, 0.4) is 0 Å². The molecule has 12 heavy (non-hydrogen) atoms. The van der Waals surface area contributed by atoms with E-state index in [1.807, 2.05) is 0 Å². The number of hydrogen-bond donors (Lipinski definition) is 2. The average Bonchev–Trinajstić information content (AvgIpc) is 2.00. The van der Waals surface area contributed by atoms with Gasteiger partial charge in [0.25, 0.3) is 0 Å². The van der Waals surface area contributed by atoms with Gasteiger partial charge in [0, 0.05) is 6.21 Å². The monoisotopic (exact) mass is 169 g/mol. The Morgan fingerprint density at radius 1 is 1.75 bits per heavy atom. The second-order valence-corrected chi connectivity index (χ2v) is 2.86. The van der Waals surface area contributed by atoms with Crippen LogP contribution in [-0.4, -0.2) is 31.2 Å². The van der Waals surface area contributed by atoms with Gasteiger partial charge in [-0.05, 0) is 6.42 Å². The molecule has 0 aromatic carbocycles. The highest BCUT2D eigenvalue weighted by molar-refractivity contribution is 6.29. The number of hydrogen-bond acceptors (Lipinski definition) is 4. The summed E-state index contributed by atoms with van der Waals surface area (Å²) in [7, 11) is 0. The fourth-order valence-corrected chi connectivity index (χ4v) is 0.901. The molecular formula is C8H15N3O. The molecule has 0 aliphatic carbocycles. The van der Waals surface area contributed by atoms with Crippen molar-refractivity contribution in [2.45, 2.75) is 25.8 Å². The molecule has 0 atom stereocenters. The van der Waals surface area contributed by atoms with Gasteiger partial charge in [-0.15, -0.1) is 0 Å². The highest BCUT2D eigenvalue weighted by atomic mass is 16.5. The average molecular weight is 169 g/mol. The van der Waals surface area contributed by atoms with Crippen molar-refractivity contribution in [2.75, 3.05) is 13.2 Å². The van der Waals surface area contributed by atoms with Gasteiger partial charge in [0.1, 0.15) is 0 Å². The van der Waals surface area contributed by atoms with Crippen molar-refractivity contribution in [1.29, 1.82) is 5.41 Å². The molecule has 0 unspecified atom stereocenters. The predicted octanol–water partition coefficient (Wildman–Crippen LogP) is 0.780. The molecule has 1 aliphatic heterocycles. The molecule has 0 aromatic heterocycles. The maximum atomic E-state index is 7.06. The van der Waals surface area contributed by atoms with Crippen LogP contribution in [0.25, 0.3) is 0 Å². The van der Waals surface area contributed by atoms with Crippen molar-refractivity contribution in [3.05, 3.63) is 0 Å². The van der Waals surface area contributed by atoms with Crippen molar-refractivity contribution >= 4 is 11.9 Å². The molecule has 4 heteroatoms. The van der Waals surface area contributed by atoms with Crippen LogP contribution < -0.4 is 5.43 Å². The fraction of sp³-hybridized carbons (Fsp3) is 0.750. The Morgan fingerprint density at radius 2 is 2.50 bits per heavy atom. The molecule has 2 N–H and O–H groups in total. The van der Waals surface area contributed by atoms with Crippen molar-refractivity contribution in [3.8, 4) is 0 Å². The van der Waals surface area contributed by atoms with E-state index >= 15 is 0 Å². The predicted molar refractivity (Wildman–Crippen MR) is 48.9 cm³/mol. The Bertz CT molecular complexity index is 175. The van der Waals surface area contributed by atoms with Gasteiger partial charge in [0.15, 0.2) is 0 Å². The zero-order valence-corrected chi connectivity index (χ0v) is 7.34. The molecule has 1 aliphatic rings. The van der Waals surface area contributed by atoms with Gasteiger partial charge >= 0.3 is 0 Å². The number of nitrogens with zero attached hydrogens (tertiary/aromatic N) is 1. The van der Waals surface area contributed by atoms with E-state index in [-0.39, 0.29) is 0 Å². The molecule has 1 fully saturated rings.